The van der Waals surface area contributed by atoms with Crippen LogP contribution in [-0.4, -0.2) is 19.4 Å². The monoisotopic (exact) mass is 343 g/mol. The summed E-state index contributed by atoms with van der Waals surface area (Å²) < 4.78 is 27.7. The number of aryl methyl sites for hydroxylation is 1. The lowest BCUT2D eigenvalue weighted by atomic mass is 10.3. The second-order valence-corrected chi connectivity index (χ2v) is 8.52. The molecule has 0 saturated heterocycles. The van der Waals surface area contributed by atoms with Crippen molar-refractivity contribution in [3.63, 3.8) is 0 Å². The Kier molecular flexibility index (Phi) is 4.41. The van der Waals surface area contributed by atoms with Gasteiger partial charge >= 0.3 is 0 Å². The van der Waals surface area contributed by atoms with Gasteiger partial charge in [-0.1, -0.05) is 0 Å². The second-order valence-electron chi connectivity index (χ2n) is 5.13. The number of rotatable bonds is 7. The Bertz CT molecular complexity index is 703. The number of thiazole rings is 1. The molecule has 0 bridgehead atoms. The Morgan fingerprint density at radius 2 is 2.14 bits per heavy atom. The quantitative estimate of drug-likeness (QED) is 0.809. The van der Waals surface area contributed by atoms with Gasteiger partial charge in [-0.05, 0) is 30.7 Å². The Labute approximate surface area is 132 Å². The van der Waals surface area contributed by atoms with Gasteiger partial charge in [0, 0.05) is 22.8 Å². The van der Waals surface area contributed by atoms with Crippen LogP contribution < -0.4 is 10.0 Å². The van der Waals surface area contributed by atoms with E-state index in [4.69, 9.17) is 0 Å². The van der Waals surface area contributed by atoms with E-state index in [-0.39, 0.29) is 6.54 Å². The molecule has 2 heterocycles. The van der Waals surface area contributed by atoms with E-state index < -0.39 is 10.0 Å². The Morgan fingerprint density at radius 3 is 2.81 bits per heavy atom. The van der Waals surface area contributed by atoms with Crippen molar-refractivity contribution in [2.75, 3.05) is 0 Å². The van der Waals surface area contributed by atoms with Crippen LogP contribution in [0.1, 0.15) is 29.0 Å². The lowest BCUT2D eigenvalue weighted by Crippen LogP contribution is -2.25. The van der Waals surface area contributed by atoms with E-state index in [1.54, 1.807) is 5.51 Å². The van der Waals surface area contributed by atoms with Crippen LogP contribution in [0.2, 0.25) is 0 Å². The highest BCUT2D eigenvalue weighted by molar-refractivity contribution is 7.89. The number of thiophene rings is 1. The number of nitrogens with zero attached hydrogens (tertiary/aromatic N) is 1. The van der Waals surface area contributed by atoms with Crippen LogP contribution in [0.4, 0.5) is 0 Å². The van der Waals surface area contributed by atoms with Crippen molar-refractivity contribution < 1.29 is 8.42 Å². The summed E-state index contributed by atoms with van der Waals surface area (Å²) in [5, 5.41) is 7.13. The van der Waals surface area contributed by atoms with Crippen molar-refractivity contribution >= 4 is 32.7 Å². The topological polar surface area (TPSA) is 71.1 Å². The summed E-state index contributed by atoms with van der Waals surface area (Å²) in [6, 6.07) is 0.561. The predicted octanol–water partition coefficient (Wildman–Crippen LogP) is 2.24. The maximum absolute atomic E-state index is 12.5. The molecule has 3 rings (SSSR count). The normalized spacial score (nSPS) is 15.5. The van der Waals surface area contributed by atoms with Crippen LogP contribution in [0.3, 0.4) is 0 Å². The minimum absolute atomic E-state index is 0.233. The van der Waals surface area contributed by atoms with Gasteiger partial charge in [0.25, 0.3) is 0 Å². The maximum Gasteiger partial charge on any atom is 0.242 e. The van der Waals surface area contributed by atoms with E-state index >= 15 is 0 Å². The molecule has 0 atom stereocenters. The fourth-order valence-electron chi connectivity index (χ4n) is 2.06. The van der Waals surface area contributed by atoms with Gasteiger partial charge in [0.1, 0.15) is 4.90 Å². The van der Waals surface area contributed by atoms with E-state index in [0.717, 1.165) is 16.1 Å². The van der Waals surface area contributed by atoms with Gasteiger partial charge in [0.15, 0.2) is 0 Å². The van der Waals surface area contributed by atoms with Gasteiger partial charge in [-0.15, -0.1) is 22.7 Å². The Morgan fingerprint density at radius 1 is 1.33 bits per heavy atom. The molecule has 2 aromatic heterocycles. The van der Waals surface area contributed by atoms with E-state index in [1.807, 2.05) is 17.7 Å². The zero-order valence-electron chi connectivity index (χ0n) is 11.6. The summed E-state index contributed by atoms with van der Waals surface area (Å²) in [5.74, 6) is 0. The molecule has 21 heavy (non-hydrogen) atoms. The molecule has 0 aliphatic heterocycles. The molecule has 1 fully saturated rings. The SMILES string of the molecule is Cc1csc(CNC2CC2)c1S(=O)(=O)NCc1cscn1. The maximum atomic E-state index is 12.5. The molecular weight excluding hydrogens is 326 g/mol. The largest absolute Gasteiger partial charge is 0.309 e. The van der Waals surface area contributed by atoms with E-state index in [9.17, 15) is 8.42 Å². The minimum atomic E-state index is -3.50. The van der Waals surface area contributed by atoms with Crippen molar-refractivity contribution in [1.82, 2.24) is 15.0 Å². The molecule has 1 aliphatic rings. The fraction of sp³-hybridized carbons (Fsp3) is 0.462. The third kappa shape index (κ3) is 3.70. The molecule has 1 aliphatic carbocycles. The van der Waals surface area contributed by atoms with Gasteiger partial charge in [-0.2, -0.15) is 0 Å². The molecule has 0 unspecified atom stereocenters. The van der Waals surface area contributed by atoms with Crippen molar-refractivity contribution in [3.05, 3.63) is 32.4 Å². The zero-order valence-corrected chi connectivity index (χ0v) is 14.1. The van der Waals surface area contributed by atoms with Gasteiger partial charge in [-0.3, -0.25) is 0 Å². The number of hydrogen-bond donors (Lipinski definition) is 2. The second kappa shape index (κ2) is 6.13. The Hall–Kier alpha value is -0.800. The van der Waals surface area contributed by atoms with Crippen LogP contribution in [0.15, 0.2) is 21.2 Å². The molecule has 2 aromatic rings. The van der Waals surface area contributed by atoms with Gasteiger partial charge in [0.2, 0.25) is 10.0 Å². The zero-order chi connectivity index (χ0) is 14.9. The minimum Gasteiger partial charge on any atom is -0.309 e. The smallest absolute Gasteiger partial charge is 0.242 e. The average molecular weight is 343 g/mol. The van der Waals surface area contributed by atoms with Gasteiger partial charge < -0.3 is 5.32 Å². The van der Waals surface area contributed by atoms with Crippen molar-refractivity contribution in [1.29, 1.82) is 0 Å². The molecule has 5 nitrogen and oxygen atoms in total. The molecule has 8 heteroatoms. The number of hydrogen-bond acceptors (Lipinski definition) is 6. The number of nitrogens with one attached hydrogen (secondary N) is 2. The molecule has 1 saturated carbocycles. The molecule has 114 valence electrons. The summed E-state index contributed by atoms with van der Waals surface area (Å²) in [7, 11) is -3.50. The number of aromatic nitrogens is 1. The summed E-state index contributed by atoms with van der Waals surface area (Å²) in [4.78, 5) is 5.40. The van der Waals surface area contributed by atoms with Crippen LogP contribution in [0.25, 0.3) is 0 Å². The van der Waals surface area contributed by atoms with Gasteiger partial charge in [0.05, 0.1) is 17.7 Å². The third-order valence-electron chi connectivity index (χ3n) is 3.31. The van der Waals surface area contributed by atoms with Crippen molar-refractivity contribution in [3.8, 4) is 0 Å². The van der Waals surface area contributed by atoms with Crippen LogP contribution in [-0.2, 0) is 23.1 Å². The summed E-state index contributed by atoms with van der Waals surface area (Å²) in [6.07, 6.45) is 2.38. The standard InChI is InChI=1S/C13H17N3O2S3/c1-9-6-20-12(5-14-10-2-3-10)13(9)21(17,18)16-4-11-7-19-8-15-11/h6-8,10,14,16H,2-5H2,1H3. The molecular formula is C13H17N3O2S3. The van der Waals surface area contributed by atoms with Crippen LogP contribution >= 0.6 is 22.7 Å². The average Bonchev–Trinajstić information content (AvgIpc) is 2.97. The summed E-state index contributed by atoms with van der Waals surface area (Å²) in [6.45, 7) is 2.70. The third-order valence-corrected chi connectivity index (χ3v) is 6.81. The molecule has 0 aromatic carbocycles. The van der Waals surface area contributed by atoms with E-state index in [2.05, 4.69) is 15.0 Å². The first-order valence-electron chi connectivity index (χ1n) is 6.73. The molecule has 0 amide bonds. The summed E-state index contributed by atoms with van der Waals surface area (Å²) >= 11 is 2.96. The van der Waals surface area contributed by atoms with Crippen LogP contribution in [0.5, 0.6) is 0 Å². The summed E-state index contributed by atoms with van der Waals surface area (Å²) in [5.41, 5.74) is 3.25. The predicted molar refractivity (Wildman–Crippen MR) is 85.1 cm³/mol. The Balaban J connectivity index is 1.75. The first kappa shape index (κ1) is 15.1. The molecule has 0 spiro atoms. The first-order valence-corrected chi connectivity index (χ1v) is 10.0. The highest BCUT2D eigenvalue weighted by Crippen LogP contribution is 2.28. The fourth-order valence-corrected chi connectivity index (χ4v) is 5.38. The van der Waals surface area contributed by atoms with Crippen molar-refractivity contribution in [2.45, 2.75) is 43.8 Å². The number of sulfonamides is 1. The molecule has 0 radical (unpaired) electrons. The lowest BCUT2D eigenvalue weighted by molar-refractivity contribution is 0.578. The highest BCUT2D eigenvalue weighted by Gasteiger charge is 2.25. The van der Waals surface area contributed by atoms with Gasteiger partial charge in [-0.25, -0.2) is 18.1 Å². The molecule has 2 N–H and O–H groups in total. The van der Waals surface area contributed by atoms with E-state index in [1.165, 1.54) is 35.5 Å². The van der Waals surface area contributed by atoms with E-state index in [0.29, 0.717) is 17.5 Å². The lowest BCUT2D eigenvalue weighted by Gasteiger charge is -2.09. The van der Waals surface area contributed by atoms with Crippen LogP contribution in [0, 0.1) is 6.92 Å². The van der Waals surface area contributed by atoms with Crippen molar-refractivity contribution in [2.24, 2.45) is 0 Å². The highest BCUT2D eigenvalue weighted by atomic mass is 32.2. The first-order chi connectivity index (χ1) is 10.1.